The van der Waals surface area contributed by atoms with Gasteiger partial charge < -0.3 is 9.64 Å². The molecule has 16 heavy (non-hydrogen) atoms. The van der Waals surface area contributed by atoms with E-state index in [2.05, 4.69) is 9.88 Å². The molecule has 1 saturated heterocycles. The van der Waals surface area contributed by atoms with Gasteiger partial charge in [0.1, 0.15) is 0 Å². The zero-order valence-corrected chi connectivity index (χ0v) is 10.3. The first-order valence-corrected chi connectivity index (χ1v) is 6.15. The van der Waals surface area contributed by atoms with Crippen LogP contribution in [0.1, 0.15) is 19.8 Å². The number of pyridine rings is 1. The molecule has 0 radical (unpaired) electrons. The molecule has 0 bridgehead atoms. The third-order valence-electron chi connectivity index (χ3n) is 2.87. The van der Waals surface area contributed by atoms with Crippen LogP contribution in [0.15, 0.2) is 18.5 Å². The van der Waals surface area contributed by atoms with Gasteiger partial charge in [0.2, 0.25) is 0 Å². The lowest BCUT2D eigenvalue weighted by molar-refractivity contribution is 0.0527. The fourth-order valence-electron chi connectivity index (χ4n) is 2.15. The van der Waals surface area contributed by atoms with E-state index >= 15 is 0 Å². The molecule has 1 atom stereocenters. The molecule has 2 heterocycles. The van der Waals surface area contributed by atoms with Crippen LogP contribution in [-0.4, -0.2) is 30.8 Å². The molecule has 2 rings (SSSR count). The Balaban J connectivity index is 2.07. The topological polar surface area (TPSA) is 25.4 Å². The number of ether oxygens (including phenoxy) is 1. The smallest absolute Gasteiger partial charge is 0.0822 e. The predicted octanol–water partition coefficient (Wildman–Crippen LogP) is 2.74. The van der Waals surface area contributed by atoms with E-state index in [0.29, 0.717) is 6.10 Å². The van der Waals surface area contributed by atoms with E-state index in [-0.39, 0.29) is 0 Å². The van der Waals surface area contributed by atoms with Gasteiger partial charge in [0.25, 0.3) is 0 Å². The number of hydrogen-bond donors (Lipinski definition) is 0. The Kier molecular flexibility index (Phi) is 4.02. The quantitative estimate of drug-likeness (QED) is 0.813. The van der Waals surface area contributed by atoms with Gasteiger partial charge in [-0.2, -0.15) is 0 Å². The van der Waals surface area contributed by atoms with Crippen molar-refractivity contribution in [2.75, 3.05) is 24.6 Å². The van der Waals surface area contributed by atoms with Crippen LogP contribution in [0.25, 0.3) is 0 Å². The van der Waals surface area contributed by atoms with Gasteiger partial charge in [-0.25, -0.2) is 0 Å². The van der Waals surface area contributed by atoms with E-state index in [4.69, 9.17) is 16.3 Å². The van der Waals surface area contributed by atoms with Gasteiger partial charge in [0, 0.05) is 32.1 Å². The Morgan fingerprint density at radius 1 is 1.62 bits per heavy atom. The van der Waals surface area contributed by atoms with Crippen LogP contribution in [0.5, 0.6) is 0 Å². The highest BCUT2D eigenvalue weighted by atomic mass is 35.5. The predicted molar refractivity (Wildman–Crippen MR) is 66.1 cm³/mol. The Morgan fingerprint density at radius 3 is 3.25 bits per heavy atom. The van der Waals surface area contributed by atoms with Gasteiger partial charge in [-0.1, -0.05) is 11.6 Å². The Labute approximate surface area is 101 Å². The summed E-state index contributed by atoms with van der Waals surface area (Å²) < 4.78 is 5.67. The van der Waals surface area contributed by atoms with Crippen molar-refractivity contribution in [3.63, 3.8) is 0 Å². The maximum Gasteiger partial charge on any atom is 0.0822 e. The molecule has 0 spiro atoms. The van der Waals surface area contributed by atoms with Crippen molar-refractivity contribution in [3.05, 3.63) is 23.5 Å². The minimum Gasteiger partial charge on any atom is -0.377 e. The number of anilines is 1. The van der Waals surface area contributed by atoms with Gasteiger partial charge in [0.15, 0.2) is 0 Å². The maximum absolute atomic E-state index is 6.14. The second kappa shape index (κ2) is 5.51. The molecule has 1 aromatic rings. The number of nitrogens with zero attached hydrogens (tertiary/aromatic N) is 2. The summed E-state index contributed by atoms with van der Waals surface area (Å²) in [7, 11) is 0. The SMILES string of the molecule is CCOC1CCCN(c2ccncc2Cl)C1. The Morgan fingerprint density at radius 2 is 2.50 bits per heavy atom. The molecule has 1 aliphatic heterocycles. The van der Waals surface area contributed by atoms with Crippen molar-refractivity contribution >= 4 is 17.3 Å². The van der Waals surface area contributed by atoms with Gasteiger partial charge in [0.05, 0.1) is 16.8 Å². The summed E-state index contributed by atoms with van der Waals surface area (Å²) >= 11 is 6.14. The van der Waals surface area contributed by atoms with Crippen LogP contribution in [0.3, 0.4) is 0 Å². The minimum atomic E-state index is 0.336. The molecule has 88 valence electrons. The number of rotatable bonds is 3. The molecule has 1 aromatic heterocycles. The summed E-state index contributed by atoms with van der Waals surface area (Å²) in [5, 5.41) is 0.722. The highest BCUT2D eigenvalue weighted by molar-refractivity contribution is 6.33. The van der Waals surface area contributed by atoms with Crippen LogP contribution >= 0.6 is 11.6 Å². The summed E-state index contributed by atoms with van der Waals surface area (Å²) in [6, 6.07) is 1.97. The van der Waals surface area contributed by atoms with Crippen molar-refractivity contribution in [2.45, 2.75) is 25.9 Å². The Hall–Kier alpha value is -0.800. The summed E-state index contributed by atoms with van der Waals surface area (Å²) in [4.78, 5) is 6.29. The third-order valence-corrected chi connectivity index (χ3v) is 3.16. The standard InChI is InChI=1S/C12H17ClN2O/c1-2-16-10-4-3-7-15(9-10)12-5-6-14-8-11(12)13/h5-6,8,10H,2-4,7,9H2,1H3. The number of aromatic nitrogens is 1. The number of halogens is 1. The summed E-state index contributed by atoms with van der Waals surface area (Å²) in [6.07, 6.45) is 6.12. The highest BCUT2D eigenvalue weighted by Gasteiger charge is 2.21. The van der Waals surface area contributed by atoms with Crippen molar-refractivity contribution < 1.29 is 4.74 Å². The first kappa shape index (κ1) is 11.7. The van der Waals surface area contributed by atoms with E-state index in [1.807, 2.05) is 13.0 Å². The second-order valence-electron chi connectivity index (χ2n) is 3.99. The normalized spacial score (nSPS) is 21.1. The van der Waals surface area contributed by atoms with Crippen molar-refractivity contribution in [1.82, 2.24) is 4.98 Å². The van der Waals surface area contributed by atoms with E-state index in [1.54, 1.807) is 12.4 Å². The van der Waals surface area contributed by atoms with Gasteiger partial charge in [-0.05, 0) is 25.8 Å². The van der Waals surface area contributed by atoms with E-state index < -0.39 is 0 Å². The van der Waals surface area contributed by atoms with Crippen LogP contribution in [0.2, 0.25) is 5.02 Å². The summed E-state index contributed by atoms with van der Waals surface area (Å²) in [5.41, 5.74) is 1.07. The van der Waals surface area contributed by atoms with E-state index in [9.17, 15) is 0 Å². The molecule has 0 saturated carbocycles. The summed E-state index contributed by atoms with van der Waals surface area (Å²) in [5.74, 6) is 0. The molecule has 0 aliphatic carbocycles. The minimum absolute atomic E-state index is 0.336. The van der Waals surface area contributed by atoms with E-state index in [1.165, 1.54) is 0 Å². The average Bonchev–Trinajstić information content (AvgIpc) is 2.30. The average molecular weight is 241 g/mol. The first-order valence-electron chi connectivity index (χ1n) is 5.77. The molecule has 1 aliphatic rings. The van der Waals surface area contributed by atoms with E-state index in [0.717, 1.165) is 43.2 Å². The molecule has 4 heteroatoms. The number of piperidine rings is 1. The molecule has 0 N–H and O–H groups in total. The van der Waals surface area contributed by atoms with Crippen molar-refractivity contribution in [3.8, 4) is 0 Å². The zero-order valence-electron chi connectivity index (χ0n) is 9.53. The lowest BCUT2D eigenvalue weighted by Gasteiger charge is -2.34. The Bertz CT molecular complexity index is 344. The van der Waals surface area contributed by atoms with Gasteiger partial charge in [-0.15, -0.1) is 0 Å². The lowest BCUT2D eigenvalue weighted by atomic mass is 10.1. The van der Waals surface area contributed by atoms with Gasteiger partial charge >= 0.3 is 0 Å². The van der Waals surface area contributed by atoms with Crippen LogP contribution in [0.4, 0.5) is 5.69 Å². The van der Waals surface area contributed by atoms with Crippen LogP contribution in [-0.2, 0) is 4.74 Å². The molecule has 1 unspecified atom stereocenters. The van der Waals surface area contributed by atoms with Gasteiger partial charge in [-0.3, -0.25) is 4.98 Å². The molecular weight excluding hydrogens is 224 g/mol. The number of hydrogen-bond acceptors (Lipinski definition) is 3. The maximum atomic E-state index is 6.14. The van der Waals surface area contributed by atoms with Crippen LogP contribution < -0.4 is 4.90 Å². The fraction of sp³-hybridized carbons (Fsp3) is 0.583. The molecule has 1 fully saturated rings. The zero-order chi connectivity index (χ0) is 11.4. The fourth-order valence-corrected chi connectivity index (χ4v) is 2.39. The molecular formula is C12H17ClN2O. The van der Waals surface area contributed by atoms with Crippen molar-refractivity contribution in [2.24, 2.45) is 0 Å². The molecule has 0 aromatic carbocycles. The first-order chi connectivity index (χ1) is 7.81. The highest BCUT2D eigenvalue weighted by Crippen LogP contribution is 2.27. The molecule has 3 nitrogen and oxygen atoms in total. The third kappa shape index (κ3) is 2.66. The summed E-state index contributed by atoms with van der Waals surface area (Å²) in [6.45, 7) is 4.80. The van der Waals surface area contributed by atoms with Crippen molar-refractivity contribution in [1.29, 1.82) is 0 Å². The largest absolute Gasteiger partial charge is 0.377 e. The molecule has 0 amide bonds. The lowest BCUT2D eigenvalue weighted by Crippen LogP contribution is -2.39. The van der Waals surface area contributed by atoms with Crippen LogP contribution in [0, 0.1) is 0 Å². The second-order valence-corrected chi connectivity index (χ2v) is 4.40. The monoisotopic (exact) mass is 240 g/mol.